The van der Waals surface area contributed by atoms with E-state index in [-0.39, 0.29) is 30.4 Å². The number of alkyl halides is 3. The number of hydrogen-bond acceptors (Lipinski definition) is 6. The Morgan fingerprint density at radius 2 is 1.85 bits per heavy atom. The molecular weight excluding hydrogens is 477 g/mol. The molecule has 2 aromatic rings. The van der Waals surface area contributed by atoms with E-state index in [0.29, 0.717) is 23.6 Å². The van der Waals surface area contributed by atoms with Crippen LogP contribution in [0.1, 0.15) is 43.6 Å². The minimum absolute atomic E-state index is 0.0757. The minimum atomic E-state index is -4.40. The maximum atomic E-state index is 12.7. The summed E-state index contributed by atoms with van der Waals surface area (Å²) in [5.74, 6) is -0.402. The van der Waals surface area contributed by atoms with E-state index in [1.807, 2.05) is 25.8 Å². The van der Waals surface area contributed by atoms with Crippen molar-refractivity contribution in [3.8, 4) is 17.0 Å². The first-order chi connectivity index (χ1) is 15.8. The highest BCUT2D eigenvalue weighted by atomic mass is 35.5. The normalized spacial score (nSPS) is 13.4. The standard InChI is InChI=1S/C23H26ClF3N2O5/c1-5-33-21(31)16-12-28-18(10-19(16)30)15-9-17(24)20(34-7-6-32-13-23(25,26)27)8-14(15)11-29(28)22(2,3)4/h8-10,12H,5-7,11,13H2,1-4H3. The molecule has 0 unspecified atom stereocenters. The fourth-order valence-corrected chi connectivity index (χ4v) is 3.78. The van der Waals surface area contributed by atoms with Gasteiger partial charge in [-0.15, -0.1) is 0 Å². The molecule has 0 spiro atoms. The van der Waals surface area contributed by atoms with Crippen molar-refractivity contribution in [1.82, 2.24) is 4.68 Å². The minimum Gasteiger partial charge on any atom is -0.490 e. The molecule has 0 N–H and O–H groups in total. The summed E-state index contributed by atoms with van der Waals surface area (Å²) >= 11 is 6.38. The molecule has 1 aromatic carbocycles. The zero-order chi connectivity index (χ0) is 25.3. The molecule has 1 aliphatic rings. The largest absolute Gasteiger partial charge is 0.490 e. The Labute approximate surface area is 199 Å². The van der Waals surface area contributed by atoms with E-state index < -0.39 is 29.7 Å². The summed E-state index contributed by atoms with van der Waals surface area (Å²) in [5.41, 5.74) is 1.06. The number of esters is 1. The molecule has 7 nitrogen and oxygen atoms in total. The number of carbonyl (C=O) groups excluding carboxylic acids is 1. The molecule has 0 amide bonds. The van der Waals surface area contributed by atoms with Gasteiger partial charge in [-0.2, -0.15) is 13.2 Å². The molecule has 3 rings (SSSR count). The number of aromatic nitrogens is 1. The molecule has 2 heterocycles. The second-order valence-corrected chi connectivity index (χ2v) is 9.09. The maximum absolute atomic E-state index is 12.7. The molecule has 0 fully saturated rings. The van der Waals surface area contributed by atoms with Gasteiger partial charge in [0, 0.05) is 23.4 Å². The van der Waals surface area contributed by atoms with Crippen molar-refractivity contribution >= 4 is 17.6 Å². The zero-order valence-corrected chi connectivity index (χ0v) is 20.0. The number of halogens is 4. The summed E-state index contributed by atoms with van der Waals surface area (Å²) < 4.78 is 53.5. The molecule has 1 aromatic heterocycles. The Kier molecular flexibility index (Phi) is 7.52. The average Bonchev–Trinajstić information content (AvgIpc) is 2.71. The molecule has 11 heteroatoms. The Morgan fingerprint density at radius 1 is 1.15 bits per heavy atom. The van der Waals surface area contributed by atoms with Crippen LogP contribution in [0.3, 0.4) is 0 Å². The van der Waals surface area contributed by atoms with Crippen LogP contribution in [0.5, 0.6) is 5.75 Å². The molecule has 0 radical (unpaired) electrons. The lowest BCUT2D eigenvalue weighted by Gasteiger charge is -2.44. The highest BCUT2D eigenvalue weighted by Gasteiger charge is 2.31. The number of benzene rings is 1. The maximum Gasteiger partial charge on any atom is 0.411 e. The van der Waals surface area contributed by atoms with E-state index in [9.17, 15) is 22.8 Å². The molecule has 0 bridgehead atoms. The monoisotopic (exact) mass is 502 g/mol. The van der Waals surface area contributed by atoms with Crippen molar-refractivity contribution in [1.29, 1.82) is 0 Å². The summed E-state index contributed by atoms with van der Waals surface area (Å²) in [6, 6.07) is 4.70. The Morgan fingerprint density at radius 3 is 2.47 bits per heavy atom. The van der Waals surface area contributed by atoms with Crippen LogP contribution in [0.15, 0.2) is 29.2 Å². The molecule has 34 heavy (non-hydrogen) atoms. The number of hydrogen-bond donors (Lipinski definition) is 0. The molecule has 0 atom stereocenters. The SMILES string of the molecule is CCOC(=O)c1cn2c(cc1=O)-c1cc(Cl)c(OCCOCC(F)(F)F)cc1CN2C(C)(C)C. The van der Waals surface area contributed by atoms with E-state index in [1.54, 1.807) is 23.7 Å². The Hall–Kier alpha value is -2.72. The fraction of sp³-hybridized carbons (Fsp3) is 0.478. The second-order valence-electron chi connectivity index (χ2n) is 8.69. The number of fused-ring (bicyclic) bond motifs is 3. The summed E-state index contributed by atoms with van der Waals surface area (Å²) in [6.07, 6.45) is -2.93. The summed E-state index contributed by atoms with van der Waals surface area (Å²) in [7, 11) is 0. The predicted octanol–water partition coefficient (Wildman–Crippen LogP) is 4.55. The van der Waals surface area contributed by atoms with Crippen LogP contribution in [-0.2, 0) is 16.0 Å². The van der Waals surface area contributed by atoms with Gasteiger partial charge in [-0.1, -0.05) is 11.6 Å². The van der Waals surface area contributed by atoms with Crippen molar-refractivity contribution < 1.29 is 32.2 Å². The lowest BCUT2D eigenvalue weighted by atomic mass is 9.97. The first kappa shape index (κ1) is 25.9. The van der Waals surface area contributed by atoms with Gasteiger partial charge in [-0.05, 0) is 45.4 Å². The Balaban J connectivity index is 1.95. The highest BCUT2D eigenvalue weighted by molar-refractivity contribution is 6.32. The second kappa shape index (κ2) is 9.87. The number of carbonyl (C=O) groups is 1. The van der Waals surface area contributed by atoms with Crippen molar-refractivity contribution in [3.05, 3.63) is 50.8 Å². The molecule has 186 valence electrons. The molecule has 1 aliphatic heterocycles. The smallest absolute Gasteiger partial charge is 0.411 e. The van der Waals surface area contributed by atoms with Gasteiger partial charge < -0.3 is 19.2 Å². The van der Waals surface area contributed by atoms with Crippen LogP contribution in [-0.4, -0.2) is 48.8 Å². The topological polar surface area (TPSA) is 70.0 Å². The van der Waals surface area contributed by atoms with Gasteiger partial charge in [0.2, 0.25) is 0 Å². The third kappa shape index (κ3) is 5.85. The molecule has 0 saturated heterocycles. The number of nitrogens with zero attached hydrogens (tertiary/aromatic N) is 2. The third-order valence-corrected chi connectivity index (χ3v) is 5.36. The van der Waals surface area contributed by atoms with Crippen LogP contribution in [0.4, 0.5) is 13.2 Å². The van der Waals surface area contributed by atoms with E-state index >= 15 is 0 Å². The van der Waals surface area contributed by atoms with E-state index in [4.69, 9.17) is 21.1 Å². The van der Waals surface area contributed by atoms with E-state index in [0.717, 1.165) is 5.56 Å². The van der Waals surface area contributed by atoms with Crippen LogP contribution in [0.2, 0.25) is 5.02 Å². The number of ether oxygens (including phenoxy) is 3. The van der Waals surface area contributed by atoms with Crippen LogP contribution < -0.4 is 15.2 Å². The van der Waals surface area contributed by atoms with Gasteiger partial charge in [0.1, 0.15) is 24.5 Å². The van der Waals surface area contributed by atoms with Gasteiger partial charge in [-0.3, -0.25) is 9.47 Å². The van der Waals surface area contributed by atoms with Crippen molar-refractivity contribution in [2.24, 2.45) is 0 Å². The van der Waals surface area contributed by atoms with Gasteiger partial charge >= 0.3 is 12.1 Å². The third-order valence-electron chi connectivity index (χ3n) is 5.07. The van der Waals surface area contributed by atoms with Gasteiger partial charge in [0.15, 0.2) is 5.43 Å². The molecular formula is C23H26ClF3N2O5. The molecule has 0 aliphatic carbocycles. The van der Waals surface area contributed by atoms with Crippen LogP contribution >= 0.6 is 11.6 Å². The first-order valence-electron chi connectivity index (χ1n) is 10.6. The van der Waals surface area contributed by atoms with Gasteiger partial charge in [-0.25, -0.2) is 4.79 Å². The van der Waals surface area contributed by atoms with Crippen molar-refractivity contribution in [2.45, 2.75) is 46.0 Å². The summed E-state index contributed by atoms with van der Waals surface area (Å²) in [4.78, 5) is 25.0. The van der Waals surface area contributed by atoms with Crippen LogP contribution in [0, 0.1) is 0 Å². The van der Waals surface area contributed by atoms with E-state index in [1.165, 1.54) is 12.3 Å². The van der Waals surface area contributed by atoms with Crippen molar-refractivity contribution in [3.63, 3.8) is 0 Å². The van der Waals surface area contributed by atoms with Crippen molar-refractivity contribution in [2.75, 3.05) is 31.4 Å². The zero-order valence-electron chi connectivity index (χ0n) is 19.3. The quantitative estimate of drug-likeness (QED) is 0.408. The Bertz CT molecular complexity index is 1130. The van der Waals surface area contributed by atoms with Gasteiger partial charge in [0.05, 0.1) is 30.5 Å². The number of rotatable bonds is 7. The first-order valence-corrected chi connectivity index (χ1v) is 11.0. The van der Waals surface area contributed by atoms with Crippen LogP contribution in [0.25, 0.3) is 11.3 Å². The lowest BCUT2D eigenvalue weighted by molar-refractivity contribution is -0.175. The van der Waals surface area contributed by atoms with E-state index in [2.05, 4.69) is 4.74 Å². The fourth-order valence-electron chi connectivity index (χ4n) is 3.56. The number of pyridine rings is 1. The van der Waals surface area contributed by atoms with Gasteiger partial charge in [0.25, 0.3) is 0 Å². The summed E-state index contributed by atoms with van der Waals surface area (Å²) in [5, 5.41) is 2.20. The lowest BCUT2D eigenvalue weighted by Crippen LogP contribution is -2.51. The highest BCUT2D eigenvalue weighted by Crippen LogP contribution is 2.38. The summed E-state index contributed by atoms with van der Waals surface area (Å²) in [6.45, 7) is 6.43. The molecule has 0 saturated carbocycles. The predicted molar refractivity (Wildman–Crippen MR) is 121 cm³/mol. The average molecular weight is 503 g/mol.